The van der Waals surface area contributed by atoms with Crippen LogP contribution in [0.25, 0.3) is 11.1 Å². The Morgan fingerprint density at radius 3 is 2.48 bits per heavy atom. The van der Waals surface area contributed by atoms with E-state index in [0.29, 0.717) is 18.5 Å². The van der Waals surface area contributed by atoms with E-state index >= 15 is 0 Å². The average molecular weight is 285 g/mol. The van der Waals surface area contributed by atoms with E-state index in [1.165, 1.54) is 6.07 Å². The van der Waals surface area contributed by atoms with Crippen molar-refractivity contribution < 1.29 is 14.3 Å². The van der Waals surface area contributed by atoms with E-state index in [9.17, 15) is 9.18 Å². The Morgan fingerprint density at radius 2 is 1.86 bits per heavy atom. The summed E-state index contributed by atoms with van der Waals surface area (Å²) in [6.45, 7) is 0.559. The van der Waals surface area contributed by atoms with Crippen molar-refractivity contribution in [2.45, 2.75) is 6.42 Å². The summed E-state index contributed by atoms with van der Waals surface area (Å²) in [6, 6.07) is 13.9. The Kier molecular flexibility index (Phi) is 3.71. The van der Waals surface area contributed by atoms with Gasteiger partial charge in [0.25, 0.3) is 0 Å². The molecule has 1 unspecified atom stereocenters. The molecule has 3 nitrogen and oxygen atoms in total. The average Bonchev–Trinajstić information content (AvgIpc) is 2.89. The Balaban J connectivity index is 1.85. The van der Waals surface area contributed by atoms with Gasteiger partial charge in [-0.15, -0.1) is 0 Å². The Hall–Kier alpha value is -2.20. The van der Waals surface area contributed by atoms with E-state index < -0.39 is 0 Å². The summed E-state index contributed by atoms with van der Waals surface area (Å²) in [4.78, 5) is 13.6. The SMILES string of the molecule is O=C1CC(CO)CN1c1ccc(-c2ccccc2F)cc1. The van der Waals surface area contributed by atoms with E-state index in [2.05, 4.69) is 0 Å². The molecule has 2 aromatic rings. The highest BCUT2D eigenvalue weighted by atomic mass is 19.1. The lowest BCUT2D eigenvalue weighted by molar-refractivity contribution is -0.117. The van der Waals surface area contributed by atoms with E-state index in [4.69, 9.17) is 5.11 Å². The Morgan fingerprint density at radius 1 is 1.14 bits per heavy atom. The number of nitrogens with zero attached hydrogens (tertiary/aromatic N) is 1. The lowest BCUT2D eigenvalue weighted by Crippen LogP contribution is -2.24. The molecular formula is C17H16FNO2. The van der Waals surface area contributed by atoms with Crippen molar-refractivity contribution in [3.8, 4) is 11.1 Å². The minimum Gasteiger partial charge on any atom is -0.396 e. The molecule has 2 aromatic carbocycles. The number of benzene rings is 2. The molecule has 1 saturated heterocycles. The first-order valence-corrected chi connectivity index (χ1v) is 6.95. The fourth-order valence-corrected chi connectivity index (χ4v) is 2.67. The summed E-state index contributed by atoms with van der Waals surface area (Å²) >= 11 is 0. The van der Waals surface area contributed by atoms with Crippen LogP contribution in [0.2, 0.25) is 0 Å². The minimum absolute atomic E-state index is 0.00347. The third-order valence-electron chi connectivity index (χ3n) is 3.83. The second-order valence-corrected chi connectivity index (χ2v) is 5.28. The Labute approximate surface area is 122 Å². The molecule has 0 spiro atoms. The van der Waals surface area contributed by atoms with Crippen molar-refractivity contribution in [1.82, 2.24) is 0 Å². The zero-order valence-electron chi connectivity index (χ0n) is 11.5. The molecule has 0 aliphatic carbocycles. The lowest BCUT2D eigenvalue weighted by atomic mass is 10.0. The van der Waals surface area contributed by atoms with Gasteiger partial charge in [0.2, 0.25) is 5.91 Å². The van der Waals surface area contributed by atoms with Crippen molar-refractivity contribution in [3.05, 3.63) is 54.3 Å². The molecule has 21 heavy (non-hydrogen) atoms. The molecule has 108 valence electrons. The fraction of sp³-hybridized carbons (Fsp3) is 0.235. The number of amides is 1. The normalized spacial score (nSPS) is 18.3. The van der Waals surface area contributed by atoms with Crippen LogP contribution >= 0.6 is 0 Å². The maximum Gasteiger partial charge on any atom is 0.227 e. The molecule has 1 atom stereocenters. The van der Waals surface area contributed by atoms with E-state index in [1.54, 1.807) is 23.1 Å². The molecule has 0 bridgehead atoms. The van der Waals surface area contributed by atoms with Crippen molar-refractivity contribution >= 4 is 11.6 Å². The topological polar surface area (TPSA) is 40.5 Å². The highest BCUT2D eigenvalue weighted by Gasteiger charge is 2.29. The van der Waals surface area contributed by atoms with Gasteiger partial charge in [-0.25, -0.2) is 4.39 Å². The van der Waals surface area contributed by atoms with Gasteiger partial charge in [0.1, 0.15) is 5.82 Å². The van der Waals surface area contributed by atoms with Crippen LogP contribution in [-0.2, 0) is 4.79 Å². The second kappa shape index (κ2) is 5.66. The maximum absolute atomic E-state index is 13.7. The Bertz CT molecular complexity index is 654. The van der Waals surface area contributed by atoms with Crippen LogP contribution in [0.15, 0.2) is 48.5 Å². The number of rotatable bonds is 3. The molecule has 4 heteroatoms. The molecule has 1 heterocycles. The first-order valence-electron chi connectivity index (χ1n) is 6.95. The maximum atomic E-state index is 13.7. The van der Waals surface area contributed by atoms with Gasteiger partial charge >= 0.3 is 0 Å². The third-order valence-corrected chi connectivity index (χ3v) is 3.83. The number of carbonyl (C=O) groups is 1. The number of aliphatic hydroxyl groups excluding tert-OH is 1. The number of aliphatic hydroxyl groups is 1. The molecule has 0 saturated carbocycles. The van der Waals surface area contributed by atoms with Gasteiger partial charge in [0, 0.05) is 36.7 Å². The van der Waals surface area contributed by atoms with Crippen LogP contribution in [0, 0.1) is 11.7 Å². The second-order valence-electron chi connectivity index (χ2n) is 5.28. The van der Waals surface area contributed by atoms with Crippen LogP contribution in [-0.4, -0.2) is 24.2 Å². The molecule has 1 amide bonds. The third kappa shape index (κ3) is 2.67. The largest absolute Gasteiger partial charge is 0.396 e. The quantitative estimate of drug-likeness (QED) is 0.942. The monoisotopic (exact) mass is 285 g/mol. The van der Waals surface area contributed by atoms with Crippen molar-refractivity contribution in [2.75, 3.05) is 18.1 Å². The predicted octanol–water partition coefficient (Wildman–Crippen LogP) is 2.84. The number of carbonyl (C=O) groups excluding carboxylic acids is 1. The van der Waals surface area contributed by atoms with Gasteiger partial charge in [0.05, 0.1) is 0 Å². The molecular weight excluding hydrogens is 269 g/mol. The van der Waals surface area contributed by atoms with Crippen molar-refractivity contribution in [2.24, 2.45) is 5.92 Å². The van der Waals surface area contributed by atoms with Crippen LogP contribution in [0.3, 0.4) is 0 Å². The van der Waals surface area contributed by atoms with Gasteiger partial charge in [-0.3, -0.25) is 4.79 Å². The number of halogens is 1. The van der Waals surface area contributed by atoms with Gasteiger partial charge < -0.3 is 10.0 Å². The summed E-state index contributed by atoms with van der Waals surface area (Å²) in [7, 11) is 0. The number of anilines is 1. The van der Waals surface area contributed by atoms with Crippen molar-refractivity contribution in [3.63, 3.8) is 0 Å². The summed E-state index contributed by atoms with van der Waals surface area (Å²) in [5.74, 6) is -0.237. The van der Waals surface area contributed by atoms with Crippen LogP contribution in [0.5, 0.6) is 0 Å². The summed E-state index contributed by atoms with van der Waals surface area (Å²) in [5.41, 5.74) is 2.11. The number of hydrogen-bond donors (Lipinski definition) is 1. The molecule has 0 aromatic heterocycles. The molecule has 1 fully saturated rings. The summed E-state index contributed by atoms with van der Waals surface area (Å²) in [5, 5.41) is 9.15. The van der Waals surface area contributed by atoms with E-state index in [-0.39, 0.29) is 24.2 Å². The molecule has 3 rings (SSSR count). The van der Waals surface area contributed by atoms with Crippen molar-refractivity contribution in [1.29, 1.82) is 0 Å². The standard InChI is InChI=1S/C17H16FNO2/c18-16-4-2-1-3-15(16)13-5-7-14(8-6-13)19-10-12(11-20)9-17(19)21/h1-8,12,20H,9-11H2. The van der Waals surface area contributed by atoms with Crippen LogP contribution in [0.1, 0.15) is 6.42 Å². The van der Waals surface area contributed by atoms with E-state index in [1.807, 2.05) is 24.3 Å². The zero-order valence-corrected chi connectivity index (χ0v) is 11.5. The molecule has 0 radical (unpaired) electrons. The first kappa shape index (κ1) is 13.8. The highest BCUT2D eigenvalue weighted by molar-refractivity contribution is 5.96. The van der Waals surface area contributed by atoms with E-state index in [0.717, 1.165) is 11.3 Å². The summed E-state index contributed by atoms with van der Waals surface area (Å²) in [6.07, 6.45) is 0.381. The molecule has 1 aliphatic rings. The minimum atomic E-state index is -0.261. The molecule has 1 N–H and O–H groups in total. The lowest BCUT2D eigenvalue weighted by Gasteiger charge is -2.17. The van der Waals surface area contributed by atoms with Crippen LogP contribution in [0.4, 0.5) is 10.1 Å². The predicted molar refractivity (Wildman–Crippen MR) is 79.4 cm³/mol. The number of hydrogen-bond acceptors (Lipinski definition) is 2. The zero-order chi connectivity index (χ0) is 14.8. The summed E-state index contributed by atoms with van der Waals surface area (Å²) < 4.78 is 13.7. The smallest absolute Gasteiger partial charge is 0.227 e. The van der Waals surface area contributed by atoms with Gasteiger partial charge in [-0.05, 0) is 23.8 Å². The fourth-order valence-electron chi connectivity index (χ4n) is 2.67. The van der Waals surface area contributed by atoms with Gasteiger partial charge in [0.15, 0.2) is 0 Å². The highest BCUT2D eigenvalue weighted by Crippen LogP contribution is 2.28. The molecule has 1 aliphatic heterocycles. The first-order chi connectivity index (χ1) is 10.2. The van der Waals surface area contributed by atoms with Gasteiger partial charge in [-0.1, -0.05) is 30.3 Å². The van der Waals surface area contributed by atoms with Crippen LogP contribution < -0.4 is 4.90 Å². The van der Waals surface area contributed by atoms with Gasteiger partial charge in [-0.2, -0.15) is 0 Å².